The minimum Gasteiger partial charge on any atom is -0.381 e. The van der Waals surface area contributed by atoms with Gasteiger partial charge in [-0.2, -0.15) is 5.26 Å². The molecule has 5 aliphatic rings. The Morgan fingerprint density at radius 3 is 2.62 bits per heavy atom. The third-order valence-corrected chi connectivity index (χ3v) is 11.4. The van der Waals surface area contributed by atoms with Gasteiger partial charge in [-0.25, -0.2) is 13.2 Å². The van der Waals surface area contributed by atoms with Gasteiger partial charge in [0, 0.05) is 50.0 Å². The summed E-state index contributed by atoms with van der Waals surface area (Å²) in [4.78, 5) is 28.3. The van der Waals surface area contributed by atoms with Crippen molar-refractivity contribution >= 4 is 23.6 Å². The standard InChI is InChI=1S/C28H42F3N5O3S/c1-14-8-18(19-9-15(10-32)6-7-22(19)39-2)20(11-33-14)26(37)35-28-34-21-12-36(13-23(21)40-28)27(38)17-5-3-4-16(24(17)29)25(30)31/h14-25,28,33-34H,3-9,11-13H2,1-2H3,(H,35,37). The zero-order valence-corrected chi connectivity index (χ0v) is 24.1. The largest absolute Gasteiger partial charge is 0.381 e. The van der Waals surface area contributed by atoms with Crippen LogP contribution in [0.4, 0.5) is 13.2 Å². The number of hydrogen-bond acceptors (Lipinski definition) is 7. The topological polar surface area (TPSA) is 106 Å². The smallest absolute Gasteiger partial charge is 0.244 e. The molecule has 3 saturated heterocycles. The molecular formula is C28H42F3N5O3S. The lowest BCUT2D eigenvalue weighted by molar-refractivity contribution is -0.141. The Morgan fingerprint density at radius 1 is 1.12 bits per heavy atom. The number of piperidine rings is 1. The first-order valence-electron chi connectivity index (χ1n) is 14.8. The lowest BCUT2D eigenvalue weighted by Crippen LogP contribution is -2.55. The van der Waals surface area contributed by atoms with E-state index in [-0.39, 0.29) is 70.8 Å². The number of nitrogens with one attached hydrogen (secondary N) is 3. The number of fused-ring (bicyclic) bond motifs is 1. The van der Waals surface area contributed by atoms with Crippen LogP contribution in [0.1, 0.15) is 51.9 Å². The van der Waals surface area contributed by atoms with Crippen LogP contribution < -0.4 is 16.0 Å². The Morgan fingerprint density at radius 2 is 1.93 bits per heavy atom. The molecule has 5 fully saturated rings. The fourth-order valence-corrected chi connectivity index (χ4v) is 9.26. The maximum atomic E-state index is 14.8. The van der Waals surface area contributed by atoms with Gasteiger partial charge in [-0.15, -0.1) is 11.8 Å². The summed E-state index contributed by atoms with van der Waals surface area (Å²) >= 11 is 1.56. The van der Waals surface area contributed by atoms with Crippen LogP contribution in [0, 0.1) is 46.8 Å². The van der Waals surface area contributed by atoms with Gasteiger partial charge < -0.3 is 20.3 Å². The summed E-state index contributed by atoms with van der Waals surface area (Å²) < 4.78 is 47.1. The molecule has 12 atom stereocenters. The molecule has 2 saturated carbocycles. The summed E-state index contributed by atoms with van der Waals surface area (Å²) in [6.07, 6.45) is -0.397. The highest BCUT2D eigenvalue weighted by Crippen LogP contribution is 2.43. The van der Waals surface area contributed by atoms with Crippen molar-refractivity contribution in [2.75, 3.05) is 26.7 Å². The number of hydrogen-bond donors (Lipinski definition) is 3. The molecule has 5 rings (SSSR count). The summed E-state index contributed by atoms with van der Waals surface area (Å²) in [6.45, 7) is 3.49. The number of nitriles is 1. The first-order chi connectivity index (χ1) is 19.2. The van der Waals surface area contributed by atoms with Crippen molar-refractivity contribution in [3.05, 3.63) is 0 Å². The number of carbonyl (C=O) groups is 2. The van der Waals surface area contributed by atoms with Gasteiger partial charge in [0.1, 0.15) is 11.7 Å². The number of likely N-dealkylation sites (tertiary alicyclic amines) is 1. The molecule has 8 nitrogen and oxygen atoms in total. The fraction of sp³-hybridized carbons (Fsp3) is 0.893. The summed E-state index contributed by atoms with van der Waals surface area (Å²) in [5, 5.41) is 19.7. The Kier molecular flexibility index (Phi) is 9.54. The van der Waals surface area contributed by atoms with E-state index >= 15 is 0 Å². The van der Waals surface area contributed by atoms with Gasteiger partial charge in [0.25, 0.3) is 0 Å². The first kappa shape index (κ1) is 29.9. The predicted molar refractivity (Wildman–Crippen MR) is 145 cm³/mol. The number of rotatable bonds is 6. The van der Waals surface area contributed by atoms with E-state index in [0.29, 0.717) is 32.5 Å². The van der Waals surface area contributed by atoms with E-state index in [1.807, 2.05) is 0 Å². The van der Waals surface area contributed by atoms with Gasteiger partial charge in [0.15, 0.2) is 0 Å². The number of alkyl halides is 3. The highest BCUT2D eigenvalue weighted by atomic mass is 32.2. The van der Waals surface area contributed by atoms with E-state index in [4.69, 9.17) is 4.74 Å². The van der Waals surface area contributed by atoms with E-state index in [1.165, 1.54) is 0 Å². The molecular weight excluding hydrogens is 543 g/mol. The molecule has 0 radical (unpaired) electrons. The van der Waals surface area contributed by atoms with Crippen LogP contribution >= 0.6 is 11.8 Å². The van der Waals surface area contributed by atoms with Gasteiger partial charge in [-0.3, -0.25) is 14.9 Å². The minimum atomic E-state index is -2.75. The molecule has 3 heterocycles. The molecule has 3 aliphatic heterocycles. The van der Waals surface area contributed by atoms with E-state index in [2.05, 4.69) is 28.9 Å². The van der Waals surface area contributed by atoms with Crippen LogP contribution in [0.25, 0.3) is 0 Å². The minimum absolute atomic E-state index is 0.00932. The van der Waals surface area contributed by atoms with Crippen LogP contribution in [0.15, 0.2) is 0 Å². The van der Waals surface area contributed by atoms with Crippen LogP contribution in [-0.4, -0.2) is 85.0 Å². The highest BCUT2D eigenvalue weighted by molar-refractivity contribution is 8.00. The SMILES string of the molecule is COC1CCC(C#N)CC1C1CC(C)NCC1C(=O)NC1NC2CN(C(=O)C3CCCC(C(F)F)C3F)CC2S1. The third-order valence-electron chi connectivity index (χ3n) is 10.0. The number of carbonyl (C=O) groups excluding carboxylic acids is 2. The van der Waals surface area contributed by atoms with Crippen molar-refractivity contribution in [3.8, 4) is 6.07 Å². The number of ether oxygens (including phenoxy) is 1. The highest BCUT2D eigenvalue weighted by Gasteiger charge is 2.49. The fourth-order valence-electron chi connectivity index (χ4n) is 7.86. The van der Waals surface area contributed by atoms with Crippen molar-refractivity contribution in [1.29, 1.82) is 5.26 Å². The molecule has 0 aromatic heterocycles. The second kappa shape index (κ2) is 12.8. The molecule has 0 spiro atoms. The van der Waals surface area contributed by atoms with Crippen LogP contribution in [-0.2, 0) is 14.3 Å². The maximum Gasteiger partial charge on any atom is 0.244 e. The second-order valence-corrected chi connectivity index (χ2v) is 13.8. The summed E-state index contributed by atoms with van der Waals surface area (Å²) in [5.74, 6) is -2.75. The van der Waals surface area contributed by atoms with E-state index in [0.717, 1.165) is 25.7 Å². The first-order valence-corrected chi connectivity index (χ1v) is 15.7. The summed E-state index contributed by atoms with van der Waals surface area (Å²) in [6, 6.07) is 2.65. The van der Waals surface area contributed by atoms with Crippen LogP contribution in [0.5, 0.6) is 0 Å². The van der Waals surface area contributed by atoms with E-state index in [1.54, 1.807) is 23.8 Å². The molecule has 0 aromatic rings. The summed E-state index contributed by atoms with van der Waals surface area (Å²) in [7, 11) is 1.72. The lowest BCUT2D eigenvalue weighted by Gasteiger charge is -2.44. The molecule has 2 amide bonds. The average Bonchev–Trinajstić information content (AvgIpc) is 3.51. The molecule has 0 aromatic carbocycles. The average molecular weight is 586 g/mol. The van der Waals surface area contributed by atoms with Gasteiger partial charge >= 0.3 is 0 Å². The summed E-state index contributed by atoms with van der Waals surface area (Å²) in [5.41, 5.74) is -0.303. The third kappa shape index (κ3) is 6.13. The van der Waals surface area contributed by atoms with Gasteiger partial charge in [0.05, 0.1) is 29.9 Å². The number of halogens is 3. The van der Waals surface area contributed by atoms with Crippen molar-refractivity contribution in [3.63, 3.8) is 0 Å². The van der Waals surface area contributed by atoms with Gasteiger partial charge in [0.2, 0.25) is 18.2 Å². The molecule has 40 heavy (non-hydrogen) atoms. The zero-order valence-electron chi connectivity index (χ0n) is 23.2. The molecule has 3 N–H and O–H groups in total. The quantitative estimate of drug-likeness (QED) is 0.440. The number of thioether (sulfide) groups is 1. The van der Waals surface area contributed by atoms with Crippen molar-refractivity contribution < 1.29 is 27.5 Å². The Hall–Kier alpha value is -1.55. The van der Waals surface area contributed by atoms with Gasteiger partial charge in [-0.05, 0) is 57.3 Å². The van der Waals surface area contributed by atoms with E-state index in [9.17, 15) is 28.0 Å². The molecule has 224 valence electrons. The van der Waals surface area contributed by atoms with Crippen LogP contribution in [0.2, 0.25) is 0 Å². The molecule has 12 heteroatoms. The number of nitrogens with zero attached hydrogens (tertiary/aromatic N) is 2. The molecule has 12 unspecified atom stereocenters. The second-order valence-electron chi connectivity index (χ2n) is 12.5. The van der Waals surface area contributed by atoms with Crippen molar-refractivity contribution in [1.82, 2.24) is 20.9 Å². The molecule has 2 aliphatic carbocycles. The Labute approximate surface area is 238 Å². The zero-order chi connectivity index (χ0) is 28.6. The van der Waals surface area contributed by atoms with Gasteiger partial charge in [-0.1, -0.05) is 6.42 Å². The Balaban J connectivity index is 1.17. The molecule has 0 bridgehead atoms. The van der Waals surface area contributed by atoms with Crippen molar-refractivity contribution in [2.24, 2.45) is 35.5 Å². The number of methoxy groups -OCH3 is 1. The number of amides is 2. The van der Waals surface area contributed by atoms with Crippen molar-refractivity contribution in [2.45, 2.75) is 93.4 Å². The van der Waals surface area contributed by atoms with Crippen LogP contribution in [0.3, 0.4) is 0 Å². The lowest BCUT2D eigenvalue weighted by atomic mass is 9.66. The maximum absolute atomic E-state index is 14.8. The Bertz CT molecular complexity index is 958. The predicted octanol–water partition coefficient (Wildman–Crippen LogP) is 2.89. The monoisotopic (exact) mass is 585 g/mol. The van der Waals surface area contributed by atoms with E-state index < -0.39 is 24.4 Å². The normalized spacial score (nSPS) is 43.8.